The molecule has 1 unspecified atom stereocenters. The van der Waals surface area contributed by atoms with Gasteiger partial charge in [0.05, 0.1) is 19.9 Å². The summed E-state index contributed by atoms with van der Waals surface area (Å²) in [5.41, 5.74) is 1.03. The third-order valence-electron chi connectivity index (χ3n) is 3.15. The summed E-state index contributed by atoms with van der Waals surface area (Å²) >= 11 is 0. The molecule has 1 aromatic heterocycles. The van der Waals surface area contributed by atoms with Crippen molar-refractivity contribution in [2.45, 2.75) is 32.9 Å². The first-order chi connectivity index (χ1) is 10.3. The molecule has 1 aromatic rings. The highest BCUT2D eigenvalue weighted by molar-refractivity contribution is 5.85. The van der Waals surface area contributed by atoms with E-state index >= 15 is 0 Å². The molecule has 0 aliphatic heterocycles. The van der Waals surface area contributed by atoms with Gasteiger partial charge in [0.2, 0.25) is 5.91 Å². The van der Waals surface area contributed by atoms with Crippen LogP contribution in [-0.2, 0) is 27.9 Å². The molecule has 0 saturated carbocycles. The topological polar surface area (TPSA) is 76.5 Å². The van der Waals surface area contributed by atoms with E-state index in [1.54, 1.807) is 10.9 Å². The average Bonchev–Trinajstić information content (AvgIpc) is 2.81. The summed E-state index contributed by atoms with van der Waals surface area (Å²) in [5.74, 6) is -0.308. The Labute approximate surface area is 131 Å². The second-order valence-electron chi connectivity index (χ2n) is 5.97. The number of amides is 1. The van der Waals surface area contributed by atoms with Crippen LogP contribution in [0.5, 0.6) is 0 Å². The number of likely N-dealkylation sites (N-methyl/N-ethyl adjacent to an activating group) is 1. The average molecular weight is 310 g/mol. The molecule has 0 aliphatic carbocycles. The fraction of sp³-hybridized carbons (Fsp3) is 0.667. The quantitative estimate of drug-likeness (QED) is 0.710. The standard InChI is InChI=1S/C15H26N4O3/c1-11(2)6-13(15(21)22-5)17-14(20)10-18(3)8-12-7-16-19(4)9-12/h7,9,11,13H,6,8,10H2,1-5H3,(H,17,20). The van der Waals surface area contributed by atoms with E-state index in [9.17, 15) is 9.59 Å². The molecular weight excluding hydrogens is 284 g/mol. The van der Waals surface area contributed by atoms with Crippen molar-refractivity contribution in [1.82, 2.24) is 20.0 Å². The van der Waals surface area contributed by atoms with Crippen molar-refractivity contribution in [1.29, 1.82) is 0 Å². The van der Waals surface area contributed by atoms with E-state index in [-0.39, 0.29) is 18.4 Å². The maximum Gasteiger partial charge on any atom is 0.328 e. The Morgan fingerprint density at radius 1 is 1.45 bits per heavy atom. The Hall–Kier alpha value is -1.89. The molecule has 0 fully saturated rings. The minimum Gasteiger partial charge on any atom is -0.467 e. The van der Waals surface area contributed by atoms with Crippen LogP contribution in [0.3, 0.4) is 0 Å². The second-order valence-corrected chi connectivity index (χ2v) is 5.97. The van der Waals surface area contributed by atoms with Crippen LogP contribution < -0.4 is 5.32 Å². The van der Waals surface area contributed by atoms with Crippen molar-refractivity contribution in [3.05, 3.63) is 18.0 Å². The van der Waals surface area contributed by atoms with Crippen LogP contribution >= 0.6 is 0 Å². The van der Waals surface area contributed by atoms with Crippen molar-refractivity contribution in [3.8, 4) is 0 Å². The molecule has 0 spiro atoms. The smallest absolute Gasteiger partial charge is 0.328 e. The van der Waals surface area contributed by atoms with Gasteiger partial charge in [-0.05, 0) is 19.4 Å². The van der Waals surface area contributed by atoms with Gasteiger partial charge in [0.25, 0.3) is 0 Å². The lowest BCUT2D eigenvalue weighted by molar-refractivity contribution is -0.145. The number of hydrogen-bond donors (Lipinski definition) is 1. The zero-order valence-corrected chi connectivity index (χ0v) is 14.0. The first-order valence-corrected chi connectivity index (χ1v) is 7.35. The second kappa shape index (κ2) is 8.53. The molecule has 1 rings (SSSR count). The molecule has 1 atom stereocenters. The van der Waals surface area contributed by atoms with Crippen LogP contribution in [0.15, 0.2) is 12.4 Å². The highest BCUT2D eigenvalue weighted by Crippen LogP contribution is 2.06. The predicted octanol–water partition coefficient (Wildman–Crippen LogP) is 0.556. The molecule has 7 heteroatoms. The third-order valence-corrected chi connectivity index (χ3v) is 3.15. The van der Waals surface area contributed by atoms with Gasteiger partial charge in [-0.2, -0.15) is 5.10 Å². The Morgan fingerprint density at radius 3 is 2.64 bits per heavy atom. The van der Waals surface area contributed by atoms with E-state index in [2.05, 4.69) is 10.4 Å². The molecule has 0 bridgehead atoms. The van der Waals surface area contributed by atoms with E-state index < -0.39 is 12.0 Å². The van der Waals surface area contributed by atoms with E-state index in [1.807, 2.05) is 39.0 Å². The fourth-order valence-corrected chi connectivity index (χ4v) is 2.23. The van der Waals surface area contributed by atoms with Gasteiger partial charge in [-0.3, -0.25) is 14.4 Å². The van der Waals surface area contributed by atoms with Crippen LogP contribution in [-0.4, -0.2) is 53.3 Å². The maximum atomic E-state index is 12.1. The lowest BCUT2D eigenvalue weighted by Crippen LogP contribution is -2.45. The van der Waals surface area contributed by atoms with Gasteiger partial charge in [0.15, 0.2) is 0 Å². The largest absolute Gasteiger partial charge is 0.467 e. The zero-order chi connectivity index (χ0) is 16.7. The van der Waals surface area contributed by atoms with E-state index in [1.165, 1.54) is 7.11 Å². The molecule has 22 heavy (non-hydrogen) atoms. The lowest BCUT2D eigenvalue weighted by atomic mass is 10.0. The van der Waals surface area contributed by atoms with Gasteiger partial charge in [-0.15, -0.1) is 0 Å². The van der Waals surface area contributed by atoms with E-state index in [0.717, 1.165) is 5.56 Å². The highest BCUT2D eigenvalue weighted by Gasteiger charge is 2.23. The SMILES string of the molecule is COC(=O)C(CC(C)C)NC(=O)CN(C)Cc1cnn(C)c1. The van der Waals surface area contributed by atoms with E-state index in [0.29, 0.717) is 13.0 Å². The number of esters is 1. The lowest BCUT2D eigenvalue weighted by Gasteiger charge is -2.20. The number of nitrogens with one attached hydrogen (secondary N) is 1. The highest BCUT2D eigenvalue weighted by atomic mass is 16.5. The summed E-state index contributed by atoms with van der Waals surface area (Å²) in [4.78, 5) is 25.7. The number of carbonyl (C=O) groups excluding carboxylic acids is 2. The van der Waals surface area contributed by atoms with Gasteiger partial charge in [0.1, 0.15) is 6.04 Å². The fourth-order valence-electron chi connectivity index (χ4n) is 2.23. The van der Waals surface area contributed by atoms with Crippen LogP contribution in [0, 0.1) is 5.92 Å². The number of rotatable bonds is 8. The summed E-state index contributed by atoms with van der Waals surface area (Å²) in [7, 11) is 5.03. The summed E-state index contributed by atoms with van der Waals surface area (Å²) in [6, 6.07) is -0.593. The summed E-state index contributed by atoms with van der Waals surface area (Å²) in [5, 5.41) is 6.84. The molecular formula is C15H26N4O3. The molecule has 0 radical (unpaired) electrons. The molecule has 7 nitrogen and oxygen atoms in total. The number of aromatic nitrogens is 2. The van der Waals surface area contributed by atoms with Crippen molar-refractivity contribution < 1.29 is 14.3 Å². The number of methoxy groups -OCH3 is 1. The third kappa shape index (κ3) is 6.26. The van der Waals surface area contributed by atoms with Gasteiger partial charge in [-0.1, -0.05) is 13.8 Å². The Balaban J connectivity index is 2.49. The Morgan fingerprint density at radius 2 is 2.14 bits per heavy atom. The van der Waals surface area contributed by atoms with Gasteiger partial charge < -0.3 is 10.1 Å². The van der Waals surface area contributed by atoms with Crippen LogP contribution in [0.25, 0.3) is 0 Å². The Bertz CT molecular complexity index is 499. The van der Waals surface area contributed by atoms with Gasteiger partial charge in [0, 0.05) is 25.4 Å². The molecule has 1 heterocycles. The molecule has 0 aliphatic rings. The van der Waals surface area contributed by atoms with Crippen LogP contribution in [0.2, 0.25) is 0 Å². The van der Waals surface area contributed by atoms with Gasteiger partial charge >= 0.3 is 5.97 Å². The maximum absolute atomic E-state index is 12.1. The molecule has 124 valence electrons. The minimum atomic E-state index is -0.593. The summed E-state index contributed by atoms with van der Waals surface area (Å²) in [6.45, 7) is 4.82. The minimum absolute atomic E-state index is 0.192. The molecule has 1 amide bonds. The van der Waals surface area contributed by atoms with Gasteiger partial charge in [-0.25, -0.2) is 4.79 Å². The molecule has 0 saturated heterocycles. The first kappa shape index (κ1) is 18.2. The number of nitrogens with zero attached hydrogens (tertiary/aromatic N) is 3. The van der Waals surface area contributed by atoms with Crippen molar-refractivity contribution in [3.63, 3.8) is 0 Å². The molecule has 1 N–H and O–H groups in total. The monoisotopic (exact) mass is 310 g/mol. The number of aryl methyl sites for hydroxylation is 1. The predicted molar refractivity (Wildman–Crippen MR) is 82.9 cm³/mol. The van der Waals surface area contributed by atoms with Crippen molar-refractivity contribution >= 4 is 11.9 Å². The summed E-state index contributed by atoms with van der Waals surface area (Å²) < 4.78 is 6.46. The van der Waals surface area contributed by atoms with Crippen molar-refractivity contribution in [2.75, 3.05) is 20.7 Å². The number of ether oxygens (including phenoxy) is 1. The zero-order valence-electron chi connectivity index (χ0n) is 14.0. The normalized spacial score (nSPS) is 12.5. The van der Waals surface area contributed by atoms with Crippen LogP contribution in [0.1, 0.15) is 25.8 Å². The number of carbonyl (C=O) groups is 2. The van der Waals surface area contributed by atoms with Crippen LogP contribution in [0.4, 0.5) is 0 Å². The van der Waals surface area contributed by atoms with E-state index in [4.69, 9.17) is 4.74 Å². The Kier molecular flexibility index (Phi) is 7.04. The first-order valence-electron chi connectivity index (χ1n) is 7.35. The summed E-state index contributed by atoms with van der Waals surface area (Å²) in [6.07, 6.45) is 4.24. The number of hydrogen-bond acceptors (Lipinski definition) is 5. The van der Waals surface area contributed by atoms with Crippen molar-refractivity contribution in [2.24, 2.45) is 13.0 Å². The molecule has 0 aromatic carbocycles.